The van der Waals surface area contributed by atoms with Crippen molar-refractivity contribution in [3.63, 3.8) is 0 Å². The summed E-state index contributed by atoms with van der Waals surface area (Å²) in [4.78, 5) is 30.3. The highest BCUT2D eigenvalue weighted by atomic mass is 16.5. The molecule has 10 nitrogen and oxygen atoms in total. The van der Waals surface area contributed by atoms with Crippen LogP contribution in [0.5, 0.6) is 29.1 Å². The number of fused-ring (bicyclic) bond motifs is 1. The van der Waals surface area contributed by atoms with Gasteiger partial charge in [-0.3, -0.25) is 4.79 Å². The van der Waals surface area contributed by atoms with Gasteiger partial charge in [-0.2, -0.15) is 15.2 Å². The van der Waals surface area contributed by atoms with Crippen LogP contribution in [0.1, 0.15) is 27.3 Å². The first-order valence-electron chi connectivity index (χ1n) is 12.0. The molecule has 10 heteroatoms. The number of amides is 1. The molecule has 1 amide bonds. The summed E-state index contributed by atoms with van der Waals surface area (Å²) in [5, 5.41) is 9.44. The van der Waals surface area contributed by atoms with Crippen LogP contribution in [0.2, 0.25) is 0 Å². The van der Waals surface area contributed by atoms with Gasteiger partial charge in [0, 0.05) is 25.7 Å². The van der Waals surface area contributed by atoms with Crippen LogP contribution in [0.25, 0.3) is 11.2 Å². The van der Waals surface area contributed by atoms with E-state index < -0.39 is 0 Å². The van der Waals surface area contributed by atoms with Crippen molar-refractivity contribution < 1.29 is 19.0 Å². The molecule has 0 bridgehead atoms. The molecule has 2 heterocycles. The average Bonchev–Trinajstić information content (AvgIpc) is 3.33. The minimum Gasteiger partial charge on any atom is -0.485 e. The summed E-state index contributed by atoms with van der Waals surface area (Å²) in [6, 6.07) is 23.4. The van der Waals surface area contributed by atoms with Crippen LogP contribution >= 0.6 is 0 Å². The van der Waals surface area contributed by atoms with Crippen LogP contribution in [-0.4, -0.2) is 44.8 Å². The third-order valence-electron chi connectivity index (χ3n) is 5.63. The van der Waals surface area contributed by atoms with E-state index in [0.29, 0.717) is 46.2 Å². The van der Waals surface area contributed by atoms with Gasteiger partial charge in [-0.05, 0) is 42.8 Å². The molecular weight excluding hydrogens is 496 g/mol. The van der Waals surface area contributed by atoms with E-state index in [1.807, 2.05) is 30.3 Å². The molecule has 0 unspecified atom stereocenters. The topological polar surface area (TPSA) is 126 Å². The fourth-order valence-electron chi connectivity index (χ4n) is 3.76. The molecule has 0 aliphatic heterocycles. The summed E-state index contributed by atoms with van der Waals surface area (Å²) in [5.41, 5.74) is 2.62. The minimum absolute atomic E-state index is 0.0517. The molecule has 0 saturated carbocycles. The first kappa shape index (κ1) is 25.2. The smallest absolute Gasteiger partial charge is 0.327 e. The van der Waals surface area contributed by atoms with Crippen molar-refractivity contribution in [2.75, 3.05) is 14.1 Å². The van der Waals surface area contributed by atoms with Crippen molar-refractivity contribution in [3.05, 3.63) is 95.3 Å². The Labute approximate surface area is 224 Å². The fraction of sp³-hybridized carbons (Fsp3) is 0.138. The van der Waals surface area contributed by atoms with Gasteiger partial charge < -0.3 is 24.1 Å². The Bertz CT molecular complexity index is 1690. The average molecular weight is 521 g/mol. The number of carbonyl (C=O) groups is 1. The number of carbonyl (C=O) groups excluding carboxylic acids is 1. The van der Waals surface area contributed by atoms with Crippen LogP contribution in [0.4, 0.5) is 0 Å². The van der Waals surface area contributed by atoms with Crippen molar-refractivity contribution in [2.45, 2.75) is 13.5 Å². The highest BCUT2D eigenvalue weighted by Crippen LogP contribution is 2.35. The number of aryl methyl sites for hydroxylation is 1. The molecule has 5 rings (SSSR count). The fourth-order valence-corrected chi connectivity index (χ4v) is 3.76. The lowest BCUT2D eigenvalue weighted by Crippen LogP contribution is -2.21. The summed E-state index contributed by atoms with van der Waals surface area (Å²) in [6.07, 6.45) is 0. The molecule has 39 heavy (non-hydrogen) atoms. The second kappa shape index (κ2) is 10.9. The SMILES string of the molecule is Cc1nc2nc(Oc3cc(C#N)ccc3OCc3ccccc3)nc(Oc3cccc(C(=O)N(C)C)c3)c2[nH]1. The Kier molecular flexibility index (Phi) is 7.05. The normalized spacial score (nSPS) is 10.6. The number of nitrogens with zero attached hydrogens (tertiary/aromatic N) is 5. The predicted molar refractivity (Wildman–Crippen MR) is 143 cm³/mol. The van der Waals surface area contributed by atoms with Gasteiger partial charge in [0.2, 0.25) is 0 Å². The van der Waals surface area contributed by atoms with Gasteiger partial charge >= 0.3 is 6.01 Å². The van der Waals surface area contributed by atoms with Gasteiger partial charge in [-0.1, -0.05) is 36.4 Å². The lowest BCUT2D eigenvalue weighted by atomic mass is 10.2. The monoisotopic (exact) mass is 520 g/mol. The standard InChI is InChI=1S/C29H24N6O4/c1-18-31-25-26(32-18)33-29(34-27(25)38-22-11-7-10-21(15-22)28(36)35(2)3)39-24-14-20(16-30)12-13-23(24)37-17-19-8-5-4-6-9-19/h4-15H,17H2,1-3H3,(H,31,32,33,34). The number of H-pyrrole nitrogens is 1. The maximum Gasteiger partial charge on any atom is 0.327 e. The van der Waals surface area contributed by atoms with Gasteiger partial charge in [-0.15, -0.1) is 0 Å². The second-order valence-electron chi connectivity index (χ2n) is 8.81. The van der Waals surface area contributed by atoms with E-state index in [4.69, 9.17) is 14.2 Å². The van der Waals surface area contributed by atoms with Crippen LogP contribution in [0, 0.1) is 18.3 Å². The summed E-state index contributed by atoms with van der Waals surface area (Å²) in [7, 11) is 3.36. The Balaban J connectivity index is 1.48. The third-order valence-corrected chi connectivity index (χ3v) is 5.63. The molecule has 0 saturated heterocycles. The van der Waals surface area contributed by atoms with Crippen LogP contribution in [0.3, 0.4) is 0 Å². The minimum atomic E-state index is -0.157. The lowest BCUT2D eigenvalue weighted by molar-refractivity contribution is 0.0827. The molecule has 0 spiro atoms. The van der Waals surface area contributed by atoms with E-state index >= 15 is 0 Å². The molecule has 0 fully saturated rings. The molecule has 0 aliphatic carbocycles. The van der Waals surface area contributed by atoms with Gasteiger partial charge in [0.05, 0.1) is 11.6 Å². The summed E-state index contributed by atoms with van der Waals surface area (Å²) < 4.78 is 18.1. The first-order valence-corrected chi connectivity index (χ1v) is 12.0. The quantitative estimate of drug-likeness (QED) is 0.288. The number of benzene rings is 3. The van der Waals surface area contributed by atoms with E-state index in [0.717, 1.165) is 5.56 Å². The molecule has 0 aliphatic rings. The number of nitriles is 1. The highest BCUT2D eigenvalue weighted by molar-refractivity contribution is 5.94. The molecule has 5 aromatic rings. The Morgan fingerprint density at radius 1 is 0.949 bits per heavy atom. The predicted octanol–water partition coefficient (Wildman–Crippen LogP) is 5.40. The zero-order chi connectivity index (χ0) is 27.4. The number of aromatic amines is 1. The number of hydrogen-bond acceptors (Lipinski definition) is 8. The van der Waals surface area contributed by atoms with Crippen molar-refractivity contribution in [2.24, 2.45) is 0 Å². The lowest BCUT2D eigenvalue weighted by Gasteiger charge is -2.13. The van der Waals surface area contributed by atoms with E-state index in [9.17, 15) is 10.1 Å². The van der Waals surface area contributed by atoms with Gasteiger partial charge in [0.25, 0.3) is 11.8 Å². The van der Waals surface area contributed by atoms with E-state index in [1.165, 1.54) is 4.90 Å². The maximum atomic E-state index is 12.4. The van der Waals surface area contributed by atoms with Crippen LogP contribution in [-0.2, 0) is 6.61 Å². The number of rotatable bonds is 8. The van der Waals surface area contributed by atoms with Crippen LogP contribution < -0.4 is 14.2 Å². The van der Waals surface area contributed by atoms with Crippen molar-refractivity contribution in [1.82, 2.24) is 24.8 Å². The first-order chi connectivity index (χ1) is 18.9. The Hall–Kier alpha value is -5.43. The zero-order valence-corrected chi connectivity index (χ0v) is 21.5. The molecular formula is C29H24N6O4. The van der Waals surface area contributed by atoms with E-state index in [2.05, 4.69) is 26.0 Å². The third kappa shape index (κ3) is 5.78. The van der Waals surface area contributed by atoms with Crippen LogP contribution in [0.15, 0.2) is 72.8 Å². The maximum absolute atomic E-state index is 12.4. The molecule has 1 N–H and O–H groups in total. The number of nitrogens with one attached hydrogen (secondary N) is 1. The van der Waals surface area contributed by atoms with Crippen molar-refractivity contribution >= 4 is 17.1 Å². The second-order valence-corrected chi connectivity index (χ2v) is 8.81. The summed E-state index contributed by atoms with van der Waals surface area (Å²) in [6.45, 7) is 2.09. The molecule has 0 atom stereocenters. The summed E-state index contributed by atoms with van der Waals surface area (Å²) >= 11 is 0. The number of hydrogen-bond donors (Lipinski definition) is 1. The molecule has 2 aromatic heterocycles. The molecule has 3 aromatic carbocycles. The van der Waals surface area contributed by atoms with Gasteiger partial charge in [0.1, 0.15) is 23.7 Å². The molecule has 0 radical (unpaired) electrons. The van der Waals surface area contributed by atoms with Gasteiger partial charge in [0.15, 0.2) is 17.1 Å². The Morgan fingerprint density at radius 3 is 2.54 bits per heavy atom. The van der Waals surface area contributed by atoms with Crippen molar-refractivity contribution in [3.8, 4) is 35.2 Å². The van der Waals surface area contributed by atoms with E-state index in [-0.39, 0.29) is 23.5 Å². The molecule has 194 valence electrons. The number of ether oxygens (including phenoxy) is 3. The van der Waals surface area contributed by atoms with Crippen molar-refractivity contribution in [1.29, 1.82) is 5.26 Å². The number of imidazole rings is 1. The highest BCUT2D eigenvalue weighted by Gasteiger charge is 2.18. The van der Waals surface area contributed by atoms with Gasteiger partial charge in [-0.25, -0.2) is 4.98 Å². The Morgan fingerprint density at radius 2 is 1.77 bits per heavy atom. The largest absolute Gasteiger partial charge is 0.485 e. The zero-order valence-electron chi connectivity index (χ0n) is 21.5. The number of aromatic nitrogens is 4. The van der Waals surface area contributed by atoms with E-state index in [1.54, 1.807) is 63.5 Å². The summed E-state index contributed by atoms with van der Waals surface area (Å²) in [5.74, 6) is 1.69.